The highest BCUT2D eigenvalue weighted by Crippen LogP contribution is 2.18. The van der Waals surface area contributed by atoms with Crippen molar-refractivity contribution in [3.05, 3.63) is 48.5 Å². The topological polar surface area (TPSA) is 53.4 Å². The maximum absolute atomic E-state index is 9.12. The van der Waals surface area contributed by atoms with Crippen molar-refractivity contribution < 1.29 is 10.0 Å². The molecule has 0 radical (unpaired) electrons. The first kappa shape index (κ1) is 10.3. The molecule has 0 aliphatic rings. The van der Waals surface area contributed by atoms with Gasteiger partial charge in [0.25, 0.3) is 0 Å². The molecule has 0 aliphatic carbocycles. The van der Waals surface area contributed by atoms with Crippen molar-refractivity contribution in [3.8, 4) is 0 Å². The fourth-order valence-electron chi connectivity index (χ4n) is 1.95. The summed E-state index contributed by atoms with van der Waals surface area (Å²) >= 11 is 0. The molecule has 0 atom stereocenters. The Morgan fingerprint density at radius 2 is 1.59 bits per heavy atom. The van der Waals surface area contributed by atoms with Crippen LogP contribution in [0.15, 0.2) is 48.5 Å². The largest absolute Gasteiger partial charge is 0.488 e. The summed E-state index contributed by atoms with van der Waals surface area (Å²) in [6, 6.07) is 15.2. The van der Waals surface area contributed by atoms with Crippen LogP contribution in [0, 0.1) is 0 Å². The lowest BCUT2D eigenvalue weighted by atomic mass is 9.80. The fraction of sp³-hybridized carbons (Fsp3) is 0. The van der Waals surface area contributed by atoms with Gasteiger partial charge in [0, 0.05) is 10.8 Å². The highest BCUT2D eigenvalue weighted by molar-refractivity contribution is 6.58. The molecule has 82 valence electrons. The van der Waals surface area contributed by atoms with Crippen LogP contribution in [-0.2, 0) is 0 Å². The third kappa shape index (κ3) is 1.77. The number of rotatable bonds is 1. The Bertz CT molecular complexity index is 697. The lowest BCUT2D eigenvalue weighted by molar-refractivity contribution is 0.426. The van der Waals surface area contributed by atoms with Crippen LogP contribution in [0.25, 0.3) is 21.8 Å². The zero-order valence-electron chi connectivity index (χ0n) is 9.04. The minimum atomic E-state index is -1.45. The van der Waals surface area contributed by atoms with Gasteiger partial charge in [-0.15, -0.1) is 0 Å². The van der Waals surface area contributed by atoms with Gasteiger partial charge in [-0.3, -0.25) is 0 Å². The van der Waals surface area contributed by atoms with Crippen LogP contribution in [0.1, 0.15) is 0 Å². The number of hydrogen-bond donors (Lipinski definition) is 2. The molecule has 2 N–H and O–H groups in total. The number of fused-ring (bicyclic) bond motifs is 2. The molecule has 4 heteroatoms. The molecule has 0 saturated carbocycles. The zero-order chi connectivity index (χ0) is 11.8. The standard InChI is InChI=1S/C13H10BNO2/c16-14(17)11-6-5-10-7-9-3-1-2-4-12(9)15-13(10)8-11/h1-8,16-17H. The van der Waals surface area contributed by atoms with E-state index in [1.54, 1.807) is 12.1 Å². The molecule has 0 unspecified atom stereocenters. The van der Waals surface area contributed by atoms with Crippen molar-refractivity contribution in [1.29, 1.82) is 0 Å². The average Bonchev–Trinajstić information content (AvgIpc) is 2.35. The minimum Gasteiger partial charge on any atom is -0.423 e. The first-order chi connectivity index (χ1) is 8.24. The van der Waals surface area contributed by atoms with Crippen LogP contribution < -0.4 is 5.46 Å². The van der Waals surface area contributed by atoms with Crippen LogP contribution in [0.4, 0.5) is 0 Å². The van der Waals surface area contributed by atoms with E-state index in [0.29, 0.717) is 5.46 Å². The lowest BCUT2D eigenvalue weighted by Gasteiger charge is -2.04. The molecule has 3 rings (SSSR count). The zero-order valence-corrected chi connectivity index (χ0v) is 9.04. The fourth-order valence-corrected chi connectivity index (χ4v) is 1.95. The van der Waals surface area contributed by atoms with Gasteiger partial charge < -0.3 is 10.0 Å². The summed E-state index contributed by atoms with van der Waals surface area (Å²) in [6.45, 7) is 0. The van der Waals surface area contributed by atoms with E-state index in [1.807, 2.05) is 36.4 Å². The van der Waals surface area contributed by atoms with Crippen LogP contribution in [-0.4, -0.2) is 22.2 Å². The molecule has 1 heterocycles. The second-order valence-electron chi connectivity index (χ2n) is 4.01. The third-order valence-corrected chi connectivity index (χ3v) is 2.84. The molecule has 0 fully saturated rings. The Hall–Kier alpha value is -1.91. The number of aromatic nitrogens is 1. The van der Waals surface area contributed by atoms with Gasteiger partial charge in [0.15, 0.2) is 0 Å². The summed E-state index contributed by atoms with van der Waals surface area (Å²) in [4.78, 5) is 4.50. The van der Waals surface area contributed by atoms with Crippen LogP contribution in [0.2, 0.25) is 0 Å². The van der Waals surface area contributed by atoms with Gasteiger partial charge in [-0.25, -0.2) is 4.98 Å². The summed E-state index contributed by atoms with van der Waals surface area (Å²) in [5.74, 6) is 0. The van der Waals surface area contributed by atoms with E-state index in [0.717, 1.165) is 21.8 Å². The van der Waals surface area contributed by atoms with E-state index in [-0.39, 0.29) is 0 Å². The quantitative estimate of drug-likeness (QED) is 0.479. The molecule has 0 spiro atoms. The first-order valence-electron chi connectivity index (χ1n) is 5.40. The summed E-state index contributed by atoms with van der Waals surface area (Å²) in [5, 5.41) is 20.3. The molecular formula is C13H10BNO2. The number of hydrogen-bond acceptors (Lipinski definition) is 3. The molecule has 0 amide bonds. The number of para-hydroxylation sites is 1. The molecular weight excluding hydrogens is 213 g/mol. The Balaban J connectivity index is 2.32. The Morgan fingerprint density at radius 1 is 0.824 bits per heavy atom. The molecule has 3 aromatic rings. The summed E-state index contributed by atoms with van der Waals surface area (Å²) in [7, 11) is -1.45. The maximum Gasteiger partial charge on any atom is 0.488 e. The van der Waals surface area contributed by atoms with Crippen LogP contribution >= 0.6 is 0 Å². The Morgan fingerprint density at radius 3 is 2.41 bits per heavy atom. The Kier molecular flexibility index (Phi) is 2.32. The first-order valence-corrected chi connectivity index (χ1v) is 5.40. The van der Waals surface area contributed by atoms with Crippen molar-refractivity contribution in [2.45, 2.75) is 0 Å². The van der Waals surface area contributed by atoms with Gasteiger partial charge in [-0.1, -0.05) is 30.3 Å². The van der Waals surface area contributed by atoms with E-state index in [9.17, 15) is 0 Å². The van der Waals surface area contributed by atoms with Crippen molar-refractivity contribution in [2.24, 2.45) is 0 Å². The predicted octanol–water partition coefficient (Wildman–Crippen LogP) is 1.07. The smallest absolute Gasteiger partial charge is 0.423 e. The molecule has 17 heavy (non-hydrogen) atoms. The van der Waals surface area contributed by atoms with Crippen molar-refractivity contribution in [2.75, 3.05) is 0 Å². The number of benzene rings is 2. The number of pyridine rings is 1. The lowest BCUT2D eigenvalue weighted by Crippen LogP contribution is -2.29. The summed E-state index contributed by atoms with van der Waals surface area (Å²) in [6.07, 6.45) is 0. The molecule has 0 bridgehead atoms. The van der Waals surface area contributed by atoms with Gasteiger partial charge in [0.05, 0.1) is 11.0 Å². The van der Waals surface area contributed by atoms with E-state index in [4.69, 9.17) is 10.0 Å². The molecule has 3 nitrogen and oxygen atoms in total. The second kappa shape index (κ2) is 3.84. The summed E-state index contributed by atoms with van der Waals surface area (Å²) < 4.78 is 0. The average molecular weight is 223 g/mol. The van der Waals surface area contributed by atoms with Gasteiger partial charge >= 0.3 is 7.12 Å². The molecule has 0 aliphatic heterocycles. The van der Waals surface area contributed by atoms with Crippen molar-refractivity contribution >= 4 is 34.4 Å². The number of nitrogens with zero attached hydrogens (tertiary/aromatic N) is 1. The highest BCUT2D eigenvalue weighted by Gasteiger charge is 2.11. The van der Waals surface area contributed by atoms with Gasteiger partial charge in [0.1, 0.15) is 0 Å². The normalized spacial score (nSPS) is 10.9. The summed E-state index contributed by atoms with van der Waals surface area (Å²) in [5.41, 5.74) is 2.14. The predicted molar refractivity (Wildman–Crippen MR) is 69.1 cm³/mol. The van der Waals surface area contributed by atoms with E-state index < -0.39 is 7.12 Å². The van der Waals surface area contributed by atoms with Gasteiger partial charge in [-0.05, 0) is 23.7 Å². The van der Waals surface area contributed by atoms with Gasteiger partial charge in [0.2, 0.25) is 0 Å². The maximum atomic E-state index is 9.12. The second-order valence-corrected chi connectivity index (χ2v) is 4.01. The molecule has 1 aromatic heterocycles. The molecule has 0 saturated heterocycles. The van der Waals surface area contributed by atoms with Crippen molar-refractivity contribution in [3.63, 3.8) is 0 Å². The van der Waals surface area contributed by atoms with Gasteiger partial charge in [-0.2, -0.15) is 0 Å². The van der Waals surface area contributed by atoms with E-state index >= 15 is 0 Å². The molecule has 2 aromatic carbocycles. The third-order valence-electron chi connectivity index (χ3n) is 2.84. The Labute approximate surface area is 98.5 Å². The SMILES string of the molecule is OB(O)c1ccc2cc3ccccc3nc2c1. The van der Waals surface area contributed by atoms with Crippen LogP contribution in [0.3, 0.4) is 0 Å². The van der Waals surface area contributed by atoms with Crippen molar-refractivity contribution in [1.82, 2.24) is 4.98 Å². The van der Waals surface area contributed by atoms with E-state index in [1.165, 1.54) is 0 Å². The van der Waals surface area contributed by atoms with E-state index in [2.05, 4.69) is 4.98 Å². The monoisotopic (exact) mass is 223 g/mol. The van der Waals surface area contributed by atoms with Crippen LogP contribution in [0.5, 0.6) is 0 Å². The minimum absolute atomic E-state index is 0.459. The highest BCUT2D eigenvalue weighted by atomic mass is 16.4.